The average Bonchev–Trinajstić information content (AvgIpc) is 3.43. The Morgan fingerprint density at radius 2 is 1.84 bits per heavy atom. The van der Waals surface area contributed by atoms with Crippen LogP contribution < -0.4 is 20.1 Å². The predicted octanol–water partition coefficient (Wildman–Crippen LogP) is 1.08. The van der Waals surface area contributed by atoms with Crippen molar-refractivity contribution < 1.29 is 19.0 Å². The first kappa shape index (κ1) is 16.5. The molecular weight excluding hydrogens is 322 g/mol. The van der Waals surface area contributed by atoms with Crippen LogP contribution in [0.15, 0.2) is 18.2 Å². The number of carbonyl (C=O) groups is 1. The molecular formula is C18H25N3O4. The molecule has 7 nitrogen and oxygen atoms in total. The van der Waals surface area contributed by atoms with Gasteiger partial charge in [0, 0.05) is 26.2 Å². The summed E-state index contributed by atoms with van der Waals surface area (Å²) >= 11 is 0. The van der Waals surface area contributed by atoms with Gasteiger partial charge < -0.3 is 24.8 Å². The largest absolute Gasteiger partial charge is 0.486 e. The second kappa shape index (κ2) is 7.09. The molecule has 1 saturated heterocycles. The van der Waals surface area contributed by atoms with E-state index in [0.29, 0.717) is 19.8 Å². The number of amides is 2. The zero-order chi connectivity index (χ0) is 17.1. The van der Waals surface area contributed by atoms with Crippen molar-refractivity contribution in [1.29, 1.82) is 0 Å². The molecule has 4 rings (SSSR count). The van der Waals surface area contributed by atoms with Crippen LogP contribution in [0.3, 0.4) is 0 Å². The number of urea groups is 1. The summed E-state index contributed by atoms with van der Waals surface area (Å²) in [6, 6.07) is 5.84. The van der Waals surface area contributed by atoms with Crippen molar-refractivity contribution in [2.24, 2.45) is 0 Å². The van der Waals surface area contributed by atoms with E-state index in [0.717, 1.165) is 62.8 Å². The first-order chi connectivity index (χ1) is 12.3. The predicted molar refractivity (Wildman–Crippen MR) is 92.1 cm³/mol. The SMILES string of the molecule is O=C(NCCN1CCOCC1)NC1(c2ccc3c(c2)OCCO3)CC1. The maximum atomic E-state index is 12.3. The van der Waals surface area contributed by atoms with Crippen molar-refractivity contribution in [2.45, 2.75) is 18.4 Å². The molecule has 2 fully saturated rings. The second-order valence-corrected chi connectivity index (χ2v) is 6.78. The van der Waals surface area contributed by atoms with Gasteiger partial charge in [0.1, 0.15) is 13.2 Å². The van der Waals surface area contributed by atoms with Crippen LogP contribution in [0.25, 0.3) is 0 Å². The maximum Gasteiger partial charge on any atom is 0.315 e. The van der Waals surface area contributed by atoms with Gasteiger partial charge in [0.15, 0.2) is 11.5 Å². The Morgan fingerprint density at radius 1 is 1.08 bits per heavy atom. The van der Waals surface area contributed by atoms with Crippen LogP contribution in [0, 0.1) is 0 Å². The molecule has 1 saturated carbocycles. The lowest BCUT2D eigenvalue weighted by atomic mass is 10.0. The Kier molecular flexibility index (Phi) is 4.67. The van der Waals surface area contributed by atoms with E-state index in [9.17, 15) is 4.79 Å². The molecule has 0 unspecified atom stereocenters. The minimum absolute atomic E-state index is 0.111. The van der Waals surface area contributed by atoms with E-state index in [1.807, 2.05) is 18.2 Å². The number of morpholine rings is 1. The Hall–Kier alpha value is -1.99. The van der Waals surface area contributed by atoms with Gasteiger partial charge >= 0.3 is 6.03 Å². The standard InChI is InChI=1S/C18H25N3O4/c22-17(19-5-6-21-7-9-23-10-8-21)20-18(3-4-18)14-1-2-15-16(13-14)25-12-11-24-15/h1-2,13H,3-12H2,(H2,19,20,22). The maximum absolute atomic E-state index is 12.3. The first-order valence-electron chi connectivity index (χ1n) is 9.01. The Labute approximate surface area is 147 Å². The van der Waals surface area contributed by atoms with E-state index < -0.39 is 0 Å². The molecule has 136 valence electrons. The van der Waals surface area contributed by atoms with Crippen molar-refractivity contribution in [3.05, 3.63) is 23.8 Å². The molecule has 2 amide bonds. The third-order valence-corrected chi connectivity index (χ3v) is 5.01. The van der Waals surface area contributed by atoms with Crippen molar-refractivity contribution in [3.8, 4) is 11.5 Å². The highest BCUT2D eigenvalue weighted by Gasteiger charge is 2.46. The van der Waals surface area contributed by atoms with E-state index in [1.54, 1.807) is 0 Å². The second-order valence-electron chi connectivity index (χ2n) is 6.78. The van der Waals surface area contributed by atoms with Gasteiger partial charge in [-0.15, -0.1) is 0 Å². The number of carbonyl (C=O) groups excluding carboxylic acids is 1. The fraction of sp³-hybridized carbons (Fsp3) is 0.611. The van der Waals surface area contributed by atoms with Gasteiger partial charge in [0.25, 0.3) is 0 Å². The normalized spacial score (nSPS) is 21.4. The molecule has 25 heavy (non-hydrogen) atoms. The molecule has 7 heteroatoms. The summed E-state index contributed by atoms with van der Waals surface area (Å²) in [5.74, 6) is 1.55. The molecule has 0 spiro atoms. The van der Waals surface area contributed by atoms with Crippen LogP contribution in [0.1, 0.15) is 18.4 Å². The molecule has 0 aromatic heterocycles. The van der Waals surface area contributed by atoms with Crippen molar-refractivity contribution in [3.63, 3.8) is 0 Å². The van der Waals surface area contributed by atoms with E-state index in [1.165, 1.54) is 0 Å². The molecule has 0 bridgehead atoms. The Bertz CT molecular complexity index is 627. The first-order valence-corrected chi connectivity index (χ1v) is 9.01. The molecule has 3 aliphatic rings. The average molecular weight is 347 g/mol. The summed E-state index contributed by atoms with van der Waals surface area (Å²) in [7, 11) is 0. The molecule has 1 aromatic carbocycles. The van der Waals surface area contributed by atoms with Crippen molar-refractivity contribution >= 4 is 6.03 Å². The van der Waals surface area contributed by atoms with E-state index in [4.69, 9.17) is 14.2 Å². The monoisotopic (exact) mass is 347 g/mol. The highest BCUT2D eigenvalue weighted by molar-refractivity contribution is 5.75. The Balaban J connectivity index is 1.30. The minimum atomic E-state index is -0.265. The van der Waals surface area contributed by atoms with Crippen LogP contribution in [0.5, 0.6) is 11.5 Å². The smallest absolute Gasteiger partial charge is 0.315 e. The van der Waals surface area contributed by atoms with E-state index in [2.05, 4.69) is 15.5 Å². The van der Waals surface area contributed by atoms with E-state index >= 15 is 0 Å². The topological polar surface area (TPSA) is 72.1 Å². The van der Waals surface area contributed by atoms with Gasteiger partial charge in [-0.1, -0.05) is 6.07 Å². The van der Waals surface area contributed by atoms with Gasteiger partial charge in [-0.2, -0.15) is 0 Å². The van der Waals surface area contributed by atoms with E-state index in [-0.39, 0.29) is 11.6 Å². The third-order valence-electron chi connectivity index (χ3n) is 5.01. The molecule has 1 aliphatic carbocycles. The van der Waals surface area contributed by atoms with Crippen LogP contribution in [-0.4, -0.2) is 63.5 Å². The molecule has 0 atom stereocenters. The number of fused-ring (bicyclic) bond motifs is 1. The van der Waals surface area contributed by atoms with Crippen LogP contribution in [-0.2, 0) is 10.3 Å². The van der Waals surface area contributed by atoms with Gasteiger partial charge in [0.2, 0.25) is 0 Å². The number of hydrogen-bond acceptors (Lipinski definition) is 5. The molecule has 0 radical (unpaired) electrons. The summed E-state index contributed by atoms with van der Waals surface area (Å²) in [5, 5.41) is 6.11. The lowest BCUT2D eigenvalue weighted by Gasteiger charge is -2.27. The fourth-order valence-electron chi connectivity index (χ4n) is 3.37. The van der Waals surface area contributed by atoms with Crippen molar-refractivity contribution in [1.82, 2.24) is 15.5 Å². The summed E-state index contributed by atoms with van der Waals surface area (Å²) in [4.78, 5) is 14.6. The van der Waals surface area contributed by atoms with Crippen molar-refractivity contribution in [2.75, 3.05) is 52.6 Å². The summed E-state index contributed by atoms with van der Waals surface area (Å²) in [6.07, 6.45) is 1.90. The van der Waals surface area contributed by atoms with Gasteiger partial charge in [0.05, 0.1) is 18.8 Å². The highest BCUT2D eigenvalue weighted by Crippen LogP contribution is 2.47. The van der Waals surface area contributed by atoms with Gasteiger partial charge in [-0.3, -0.25) is 4.90 Å². The molecule has 2 aliphatic heterocycles. The summed E-state index contributed by atoms with van der Waals surface area (Å²) in [5.41, 5.74) is 0.818. The number of rotatable bonds is 5. The lowest BCUT2D eigenvalue weighted by molar-refractivity contribution is 0.0387. The fourth-order valence-corrected chi connectivity index (χ4v) is 3.37. The van der Waals surface area contributed by atoms with Crippen LogP contribution in [0.4, 0.5) is 4.79 Å². The summed E-state index contributed by atoms with van der Waals surface area (Å²) in [6.45, 7) is 6.07. The zero-order valence-electron chi connectivity index (χ0n) is 14.4. The van der Waals surface area contributed by atoms with Crippen LogP contribution in [0.2, 0.25) is 0 Å². The highest BCUT2D eigenvalue weighted by atomic mass is 16.6. The summed E-state index contributed by atoms with van der Waals surface area (Å²) < 4.78 is 16.5. The lowest BCUT2D eigenvalue weighted by Crippen LogP contribution is -2.46. The number of benzene rings is 1. The van der Waals surface area contributed by atoms with Gasteiger partial charge in [-0.05, 0) is 30.5 Å². The quantitative estimate of drug-likeness (QED) is 0.834. The van der Waals surface area contributed by atoms with Gasteiger partial charge in [-0.25, -0.2) is 4.79 Å². The number of ether oxygens (including phenoxy) is 3. The number of nitrogens with one attached hydrogen (secondary N) is 2. The molecule has 1 aromatic rings. The molecule has 2 heterocycles. The zero-order valence-corrected chi connectivity index (χ0v) is 14.4. The molecule has 2 N–H and O–H groups in total. The number of hydrogen-bond donors (Lipinski definition) is 2. The minimum Gasteiger partial charge on any atom is -0.486 e. The third kappa shape index (κ3) is 3.82. The number of nitrogens with zero attached hydrogens (tertiary/aromatic N) is 1. The van der Waals surface area contributed by atoms with Crippen LogP contribution >= 0.6 is 0 Å². The Morgan fingerprint density at radius 3 is 2.60 bits per heavy atom.